The smallest absolute Gasteiger partial charge is 0.228 e. The molecular formula is C15H19N3O2. The molecule has 1 aliphatic heterocycles. The molecule has 1 atom stereocenters. The molecule has 2 heterocycles. The van der Waals surface area contributed by atoms with Gasteiger partial charge in [0, 0.05) is 24.6 Å². The highest BCUT2D eigenvalue weighted by molar-refractivity contribution is 5.53. The molecule has 0 amide bonds. The Labute approximate surface area is 118 Å². The van der Waals surface area contributed by atoms with E-state index >= 15 is 0 Å². The summed E-state index contributed by atoms with van der Waals surface area (Å²) in [7, 11) is 0. The van der Waals surface area contributed by atoms with Crippen molar-refractivity contribution in [2.75, 3.05) is 19.7 Å². The van der Waals surface area contributed by atoms with E-state index in [1.165, 1.54) is 0 Å². The molecule has 1 fully saturated rings. The molecule has 106 valence electrons. The van der Waals surface area contributed by atoms with Crippen molar-refractivity contribution in [3.8, 4) is 11.4 Å². The van der Waals surface area contributed by atoms with Gasteiger partial charge in [0.15, 0.2) is 0 Å². The molecule has 1 aromatic heterocycles. The second-order valence-electron chi connectivity index (χ2n) is 5.14. The molecule has 0 unspecified atom stereocenters. The van der Waals surface area contributed by atoms with Crippen LogP contribution in [-0.2, 0) is 6.42 Å². The van der Waals surface area contributed by atoms with E-state index in [4.69, 9.17) is 4.52 Å². The average Bonchev–Trinajstić information content (AvgIpc) is 3.15. The van der Waals surface area contributed by atoms with Crippen molar-refractivity contribution in [2.24, 2.45) is 0 Å². The lowest BCUT2D eigenvalue weighted by Crippen LogP contribution is -2.33. The molecule has 1 aliphatic rings. The minimum atomic E-state index is 0.235. The molecule has 0 aliphatic carbocycles. The van der Waals surface area contributed by atoms with Crippen molar-refractivity contribution in [2.45, 2.75) is 25.3 Å². The molecule has 1 N–H and O–H groups in total. The number of aliphatic hydroxyl groups excluding tert-OH is 1. The van der Waals surface area contributed by atoms with Crippen molar-refractivity contribution in [3.63, 3.8) is 0 Å². The normalized spacial score (nSPS) is 19.6. The van der Waals surface area contributed by atoms with Crippen LogP contribution in [0.2, 0.25) is 0 Å². The summed E-state index contributed by atoms with van der Waals surface area (Å²) in [5, 5.41) is 13.3. The fraction of sp³-hybridized carbons (Fsp3) is 0.467. The zero-order valence-corrected chi connectivity index (χ0v) is 11.4. The van der Waals surface area contributed by atoms with Gasteiger partial charge in [-0.1, -0.05) is 35.5 Å². The number of hydrogen-bond acceptors (Lipinski definition) is 5. The Morgan fingerprint density at radius 2 is 2.15 bits per heavy atom. The van der Waals surface area contributed by atoms with Gasteiger partial charge in [-0.2, -0.15) is 4.98 Å². The number of rotatable bonds is 5. The van der Waals surface area contributed by atoms with Gasteiger partial charge in [0.2, 0.25) is 11.7 Å². The van der Waals surface area contributed by atoms with E-state index in [1.54, 1.807) is 0 Å². The summed E-state index contributed by atoms with van der Waals surface area (Å²) < 4.78 is 5.30. The van der Waals surface area contributed by atoms with Crippen LogP contribution in [0.15, 0.2) is 34.9 Å². The summed E-state index contributed by atoms with van der Waals surface area (Å²) in [5.41, 5.74) is 0.969. The SMILES string of the molecule is OC[C@H]1CCCN1CCc1nc(-c2ccccc2)no1. The predicted molar refractivity (Wildman–Crippen MR) is 75.1 cm³/mol. The summed E-state index contributed by atoms with van der Waals surface area (Å²) in [5.74, 6) is 1.30. The lowest BCUT2D eigenvalue weighted by atomic mass is 10.2. The molecule has 3 rings (SSSR count). The molecule has 5 nitrogen and oxygen atoms in total. The Morgan fingerprint density at radius 3 is 2.95 bits per heavy atom. The lowest BCUT2D eigenvalue weighted by molar-refractivity contribution is 0.157. The summed E-state index contributed by atoms with van der Waals surface area (Å²) in [4.78, 5) is 6.72. The second-order valence-corrected chi connectivity index (χ2v) is 5.14. The zero-order valence-electron chi connectivity index (χ0n) is 11.4. The van der Waals surface area contributed by atoms with Crippen LogP contribution in [-0.4, -0.2) is 45.9 Å². The summed E-state index contributed by atoms with van der Waals surface area (Å²) in [6.07, 6.45) is 2.97. The third-order valence-electron chi connectivity index (χ3n) is 3.82. The van der Waals surface area contributed by atoms with Crippen LogP contribution in [0.3, 0.4) is 0 Å². The molecule has 0 spiro atoms. The van der Waals surface area contributed by atoms with E-state index < -0.39 is 0 Å². The second kappa shape index (κ2) is 6.15. The standard InChI is InChI=1S/C15H19N3O2/c19-11-13-7-4-9-18(13)10-8-14-16-15(17-20-14)12-5-2-1-3-6-12/h1-3,5-6,13,19H,4,7-11H2/t13-/m1/s1. The van der Waals surface area contributed by atoms with Gasteiger partial charge in [-0.25, -0.2) is 0 Å². The largest absolute Gasteiger partial charge is 0.395 e. The minimum Gasteiger partial charge on any atom is -0.395 e. The molecule has 0 radical (unpaired) electrons. The van der Waals surface area contributed by atoms with Crippen LogP contribution in [0.1, 0.15) is 18.7 Å². The van der Waals surface area contributed by atoms with Gasteiger partial charge in [0.05, 0.1) is 6.61 Å². The highest BCUT2D eigenvalue weighted by Crippen LogP contribution is 2.18. The van der Waals surface area contributed by atoms with Crippen molar-refractivity contribution in [1.82, 2.24) is 15.0 Å². The first-order valence-electron chi connectivity index (χ1n) is 7.10. The lowest BCUT2D eigenvalue weighted by Gasteiger charge is -2.21. The van der Waals surface area contributed by atoms with Gasteiger partial charge >= 0.3 is 0 Å². The number of aromatic nitrogens is 2. The molecule has 0 bridgehead atoms. The van der Waals surface area contributed by atoms with Crippen LogP contribution in [0, 0.1) is 0 Å². The van der Waals surface area contributed by atoms with E-state index in [1.807, 2.05) is 30.3 Å². The Bertz CT molecular complexity index is 541. The van der Waals surface area contributed by atoms with Crippen molar-refractivity contribution in [1.29, 1.82) is 0 Å². The van der Waals surface area contributed by atoms with Crippen molar-refractivity contribution < 1.29 is 9.63 Å². The highest BCUT2D eigenvalue weighted by atomic mass is 16.5. The number of benzene rings is 1. The molecule has 5 heteroatoms. The molecule has 0 saturated carbocycles. The highest BCUT2D eigenvalue weighted by Gasteiger charge is 2.23. The molecule has 2 aromatic rings. The topological polar surface area (TPSA) is 62.4 Å². The van der Waals surface area contributed by atoms with E-state index in [2.05, 4.69) is 15.0 Å². The van der Waals surface area contributed by atoms with Gasteiger partial charge in [0.25, 0.3) is 0 Å². The average molecular weight is 273 g/mol. The molecular weight excluding hydrogens is 254 g/mol. The first kappa shape index (κ1) is 13.3. The number of hydrogen-bond donors (Lipinski definition) is 1. The third kappa shape index (κ3) is 2.89. The van der Waals surface area contributed by atoms with Crippen LogP contribution in [0.5, 0.6) is 0 Å². The Hall–Kier alpha value is -1.72. The van der Waals surface area contributed by atoms with Crippen LogP contribution >= 0.6 is 0 Å². The van der Waals surface area contributed by atoms with Crippen LogP contribution in [0.25, 0.3) is 11.4 Å². The fourth-order valence-corrected chi connectivity index (χ4v) is 2.70. The Morgan fingerprint density at radius 1 is 1.30 bits per heavy atom. The first-order chi connectivity index (χ1) is 9.86. The van der Waals surface area contributed by atoms with Crippen LogP contribution < -0.4 is 0 Å². The number of likely N-dealkylation sites (tertiary alicyclic amines) is 1. The summed E-state index contributed by atoms with van der Waals surface area (Å²) >= 11 is 0. The van der Waals surface area contributed by atoms with E-state index in [-0.39, 0.29) is 6.61 Å². The van der Waals surface area contributed by atoms with Crippen molar-refractivity contribution in [3.05, 3.63) is 36.2 Å². The molecule has 1 aromatic carbocycles. The minimum absolute atomic E-state index is 0.235. The Balaban J connectivity index is 1.60. The summed E-state index contributed by atoms with van der Waals surface area (Å²) in [6.45, 7) is 2.14. The van der Waals surface area contributed by atoms with Crippen LogP contribution in [0.4, 0.5) is 0 Å². The van der Waals surface area contributed by atoms with Gasteiger partial charge in [0.1, 0.15) is 0 Å². The van der Waals surface area contributed by atoms with Gasteiger partial charge in [-0.15, -0.1) is 0 Å². The monoisotopic (exact) mass is 273 g/mol. The van der Waals surface area contributed by atoms with E-state index in [0.717, 1.165) is 37.9 Å². The number of nitrogens with zero attached hydrogens (tertiary/aromatic N) is 3. The maximum atomic E-state index is 9.29. The van der Waals surface area contributed by atoms with Gasteiger partial charge in [-0.3, -0.25) is 4.90 Å². The third-order valence-corrected chi connectivity index (χ3v) is 3.82. The van der Waals surface area contributed by atoms with E-state index in [9.17, 15) is 5.11 Å². The molecule has 1 saturated heterocycles. The maximum Gasteiger partial charge on any atom is 0.228 e. The predicted octanol–water partition coefficient (Wildman–Crippen LogP) is 1.74. The first-order valence-corrected chi connectivity index (χ1v) is 7.10. The zero-order chi connectivity index (χ0) is 13.8. The summed E-state index contributed by atoms with van der Waals surface area (Å²) in [6, 6.07) is 10.1. The van der Waals surface area contributed by atoms with E-state index in [0.29, 0.717) is 17.8 Å². The van der Waals surface area contributed by atoms with Gasteiger partial charge < -0.3 is 9.63 Å². The number of aliphatic hydroxyl groups is 1. The van der Waals surface area contributed by atoms with Crippen molar-refractivity contribution >= 4 is 0 Å². The van der Waals surface area contributed by atoms with Gasteiger partial charge in [-0.05, 0) is 19.4 Å². The maximum absolute atomic E-state index is 9.29. The molecule has 20 heavy (non-hydrogen) atoms. The quantitative estimate of drug-likeness (QED) is 0.899. The Kier molecular flexibility index (Phi) is 4.08. The fourth-order valence-electron chi connectivity index (χ4n) is 2.70.